The number of morpholine rings is 1. The number of nitrogens with zero attached hydrogens (tertiary/aromatic N) is 4. The molecular weight excluding hydrogens is 504 g/mol. The molecule has 38 heavy (non-hydrogen) atoms. The van der Waals surface area contributed by atoms with Crippen LogP contribution in [0.2, 0.25) is 0 Å². The van der Waals surface area contributed by atoms with Crippen molar-refractivity contribution in [2.45, 2.75) is 13.8 Å². The zero-order valence-corrected chi connectivity index (χ0v) is 22.5. The molecule has 0 spiro atoms. The zero-order valence-electron chi connectivity index (χ0n) is 21.7. The Labute approximate surface area is 222 Å². The standard InChI is InChI=1S/C27H32N6O4S/c1-18(2)17-38(34,35)31-24-14-20(16-29-26(24)36-3)19-4-9-23-25(15-19)33(27(28)30-23)22-7-5-21(6-8-22)32-10-12-37-13-11-32/h4-9,14-16,18,31H,10-13,17H2,1-3H3,(H2,28,30). The third kappa shape index (κ3) is 5.39. The molecule has 1 aliphatic heterocycles. The second-order valence-corrected chi connectivity index (χ2v) is 11.4. The predicted molar refractivity (Wildman–Crippen MR) is 151 cm³/mol. The van der Waals surface area contributed by atoms with Gasteiger partial charge >= 0.3 is 0 Å². The molecule has 2 aromatic heterocycles. The molecule has 1 saturated heterocycles. The number of pyridine rings is 1. The first-order valence-corrected chi connectivity index (χ1v) is 14.2. The second kappa shape index (κ2) is 10.5. The minimum Gasteiger partial charge on any atom is -0.480 e. The number of nitrogen functional groups attached to an aromatic ring is 1. The number of aromatic nitrogens is 3. The molecule has 11 heteroatoms. The summed E-state index contributed by atoms with van der Waals surface area (Å²) in [4.78, 5) is 11.2. The highest BCUT2D eigenvalue weighted by Crippen LogP contribution is 2.33. The normalized spacial score (nSPS) is 14.3. The van der Waals surface area contributed by atoms with Crippen molar-refractivity contribution < 1.29 is 17.9 Å². The van der Waals surface area contributed by atoms with Crippen LogP contribution in [0.25, 0.3) is 27.8 Å². The molecule has 2 aromatic carbocycles. The van der Waals surface area contributed by atoms with E-state index in [-0.39, 0.29) is 23.2 Å². The third-order valence-corrected chi connectivity index (χ3v) is 8.00. The Morgan fingerprint density at radius 3 is 2.45 bits per heavy atom. The Balaban J connectivity index is 1.50. The maximum atomic E-state index is 12.6. The highest BCUT2D eigenvalue weighted by atomic mass is 32.2. The quantitative estimate of drug-likeness (QED) is 0.347. The largest absolute Gasteiger partial charge is 0.480 e. The highest BCUT2D eigenvalue weighted by molar-refractivity contribution is 7.92. The maximum Gasteiger partial charge on any atom is 0.238 e. The molecule has 0 radical (unpaired) electrons. The van der Waals surface area contributed by atoms with E-state index in [1.54, 1.807) is 12.3 Å². The van der Waals surface area contributed by atoms with Gasteiger partial charge < -0.3 is 20.1 Å². The summed E-state index contributed by atoms with van der Waals surface area (Å²) in [7, 11) is -2.10. The summed E-state index contributed by atoms with van der Waals surface area (Å²) < 4.78 is 40.5. The zero-order chi connectivity index (χ0) is 26.9. The van der Waals surface area contributed by atoms with E-state index in [0.717, 1.165) is 59.8 Å². The van der Waals surface area contributed by atoms with E-state index in [1.807, 2.05) is 48.7 Å². The highest BCUT2D eigenvalue weighted by Gasteiger charge is 2.18. The van der Waals surface area contributed by atoms with Gasteiger partial charge in [-0.15, -0.1) is 0 Å². The number of hydrogen-bond donors (Lipinski definition) is 2. The number of rotatable bonds is 8. The Morgan fingerprint density at radius 2 is 1.76 bits per heavy atom. The molecule has 0 bridgehead atoms. The fourth-order valence-electron chi connectivity index (χ4n) is 4.67. The van der Waals surface area contributed by atoms with Gasteiger partial charge in [-0.3, -0.25) is 9.29 Å². The molecule has 3 heterocycles. The van der Waals surface area contributed by atoms with E-state index < -0.39 is 10.0 Å². The third-order valence-electron chi connectivity index (χ3n) is 6.36. The number of ether oxygens (including phenoxy) is 2. The number of benzene rings is 2. The topological polar surface area (TPSA) is 125 Å². The van der Waals surface area contributed by atoms with E-state index in [0.29, 0.717) is 5.95 Å². The number of nitrogens with two attached hydrogens (primary N) is 1. The Hall–Kier alpha value is -3.83. The van der Waals surface area contributed by atoms with Gasteiger partial charge in [0.25, 0.3) is 0 Å². The first kappa shape index (κ1) is 25.8. The molecule has 200 valence electrons. The van der Waals surface area contributed by atoms with Gasteiger partial charge in [0.15, 0.2) is 0 Å². The van der Waals surface area contributed by atoms with Crippen LogP contribution < -0.4 is 20.1 Å². The monoisotopic (exact) mass is 536 g/mol. The van der Waals surface area contributed by atoms with E-state index >= 15 is 0 Å². The molecule has 0 atom stereocenters. The summed E-state index contributed by atoms with van der Waals surface area (Å²) in [6.45, 7) is 6.89. The van der Waals surface area contributed by atoms with Crippen LogP contribution in [0.15, 0.2) is 54.7 Å². The lowest BCUT2D eigenvalue weighted by Gasteiger charge is -2.29. The van der Waals surface area contributed by atoms with Gasteiger partial charge in [0.2, 0.25) is 21.9 Å². The van der Waals surface area contributed by atoms with Crippen LogP contribution in [0.4, 0.5) is 17.3 Å². The van der Waals surface area contributed by atoms with Crippen LogP contribution in [0.3, 0.4) is 0 Å². The number of nitrogens with one attached hydrogen (secondary N) is 1. The maximum absolute atomic E-state index is 12.6. The lowest BCUT2D eigenvalue weighted by atomic mass is 10.1. The van der Waals surface area contributed by atoms with Crippen LogP contribution in [0.1, 0.15) is 13.8 Å². The number of fused-ring (bicyclic) bond motifs is 1. The number of anilines is 3. The SMILES string of the molecule is COc1ncc(-c2ccc3nc(N)n(-c4ccc(N5CCOCC5)cc4)c3c2)cc1NS(=O)(=O)CC(C)C. The van der Waals surface area contributed by atoms with E-state index in [9.17, 15) is 8.42 Å². The first-order valence-electron chi connectivity index (χ1n) is 12.5. The molecule has 3 N–H and O–H groups in total. The summed E-state index contributed by atoms with van der Waals surface area (Å²) in [5, 5.41) is 0. The van der Waals surface area contributed by atoms with Crippen LogP contribution >= 0.6 is 0 Å². The van der Waals surface area contributed by atoms with Crippen molar-refractivity contribution in [2.75, 3.05) is 54.5 Å². The average molecular weight is 537 g/mol. The molecule has 0 saturated carbocycles. The Bertz CT molecular complexity index is 1540. The van der Waals surface area contributed by atoms with E-state index in [2.05, 4.69) is 31.7 Å². The van der Waals surface area contributed by atoms with Crippen molar-refractivity contribution in [3.8, 4) is 22.7 Å². The Morgan fingerprint density at radius 1 is 1.05 bits per heavy atom. The lowest BCUT2D eigenvalue weighted by molar-refractivity contribution is 0.122. The summed E-state index contributed by atoms with van der Waals surface area (Å²) in [5.74, 6) is 0.559. The van der Waals surface area contributed by atoms with Gasteiger partial charge in [0.1, 0.15) is 5.69 Å². The molecule has 0 aliphatic carbocycles. The van der Waals surface area contributed by atoms with Crippen molar-refractivity contribution in [1.29, 1.82) is 0 Å². The number of hydrogen-bond acceptors (Lipinski definition) is 8. The molecule has 1 fully saturated rings. The predicted octanol–water partition coefficient (Wildman–Crippen LogP) is 3.91. The summed E-state index contributed by atoms with van der Waals surface area (Å²) in [6, 6.07) is 15.7. The van der Waals surface area contributed by atoms with Crippen LogP contribution in [0.5, 0.6) is 5.88 Å². The minimum absolute atomic E-state index is 0.00483. The number of imidazole rings is 1. The van der Waals surface area contributed by atoms with Crippen molar-refractivity contribution in [2.24, 2.45) is 5.92 Å². The van der Waals surface area contributed by atoms with Gasteiger partial charge in [-0.25, -0.2) is 18.4 Å². The average Bonchev–Trinajstić information content (AvgIpc) is 3.23. The fourth-order valence-corrected chi connectivity index (χ4v) is 6.12. The van der Waals surface area contributed by atoms with Gasteiger partial charge in [0, 0.05) is 36.2 Å². The summed E-state index contributed by atoms with van der Waals surface area (Å²) in [5.41, 5.74) is 11.8. The van der Waals surface area contributed by atoms with E-state index in [1.165, 1.54) is 7.11 Å². The second-order valence-electron chi connectivity index (χ2n) is 9.68. The van der Waals surface area contributed by atoms with Crippen LogP contribution in [-0.2, 0) is 14.8 Å². The van der Waals surface area contributed by atoms with Crippen LogP contribution in [-0.4, -0.2) is 62.1 Å². The molecule has 10 nitrogen and oxygen atoms in total. The molecule has 5 rings (SSSR count). The fraction of sp³-hybridized carbons (Fsp3) is 0.333. The molecule has 4 aromatic rings. The van der Waals surface area contributed by atoms with Gasteiger partial charge in [-0.1, -0.05) is 19.9 Å². The molecule has 0 amide bonds. The number of sulfonamides is 1. The van der Waals surface area contributed by atoms with Gasteiger partial charge in [-0.05, 0) is 53.9 Å². The Kier molecular flexibility index (Phi) is 7.13. The lowest BCUT2D eigenvalue weighted by Crippen LogP contribution is -2.36. The number of methoxy groups -OCH3 is 1. The first-order chi connectivity index (χ1) is 18.2. The van der Waals surface area contributed by atoms with Crippen molar-refractivity contribution in [1.82, 2.24) is 14.5 Å². The van der Waals surface area contributed by atoms with Crippen molar-refractivity contribution in [3.63, 3.8) is 0 Å². The van der Waals surface area contributed by atoms with Gasteiger partial charge in [-0.2, -0.15) is 0 Å². The summed E-state index contributed by atoms with van der Waals surface area (Å²) >= 11 is 0. The van der Waals surface area contributed by atoms with Crippen LogP contribution in [0, 0.1) is 5.92 Å². The summed E-state index contributed by atoms with van der Waals surface area (Å²) in [6.07, 6.45) is 1.65. The van der Waals surface area contributed by atoms with Crippen molar-refractivity contribution >= 4 is 38.4 Å². The minimum atomic E-state index is -3.56. The molecular formula is C27H32N6O4S. The van der Waals surface area contributed by atoms with Crippen molar-refractivity contribution in [3.05, 3.63) is 54.7 Å². The molecule has 0 unspecified atom stereocenters. The van der Waals surface area contributed by atoms with E-state index in [4.69, 9.17) is 15.2 Å². The smallest absolute Gasteiger partial charge is 0.238 e. The van der Waals surface area contributed by atoms with Gasteiger partial charge in [0.05, 0.1) is 37.1 Å². The molecule has 1 aliphatic rings.